The molecule has 140 valence electrons. The average molecular weight is 358 g/mol. The van der Waals surface area contributed by atoms with E-state index in [-0.39, 0.29) is 30.2 Å². The highest BCUT2D eigenvalue weighted by Crippen LogP contribution is 2.56. The molecule has 4 rings (SSSR count). The minimum Gasteiger partial charge on any atom is -0.465 e. The number of ether oxygens (including phenoxy) is 4. The van der Waals surface area contributed by atoms with Crippen LogP contribution >= 0.6 is 0 Å². The number of hydrogen-bond acceptors (Lipinski definition) is 5. The van der Waals surface area contributed by atoms with Gasteiger partial charge in [-0.05, 0) is 36.5 Å². The zero-order valence-electron chi connectivity index (χ0n) is 15.8. The summed E-state index contributed by atoms with van der Waals surface area (Å²) in [6, 6.07) is 6.05. The van der Waals surface area contributed by atoms with Crippen molar-refractivity contribution in [2.24, 2.45) is 23.2 Å². The zero-order valence-corrected chi connectivity index (χ0v) is 15.8. The van der Waals surface area contributed by atoms with Gasteiger partial charge in [0.05, 0.1) is 19.3 Å². The molecule has 5 nitrogen and oxygen atoms in total. The van der Waals surface area contributed by atoms with Crippen molar-refractivity contribution in [3.63, 3.8) is 0 Å². The molecule has 5 atom stereocenters. The van der Waals surface area contributed by atoms with Gasteiger partial charge in [-0.25, -0.2) is 0 Å². The summed E-state index contributed by atoms with van der Waals surface area (Å²) in [5.41, 5.74) is 2.27. The topological polar surface area (TPSA) is 54.0 Å². The standard InChI is InChI=1S/C21H26O5/c1-12-7-13(2)21(9-23-15(4)22)10-24-20(19(12)14(21)3)16-5-6-17-18(8-16)26-11-25-17/h5-8,13-14,19-20H,9-11H2,1-4H3/t13-,14+,19-,20+,21+/m1/s1. The first-order chi connectivity index (χ1) is 12.4. The smallest absolute Gasteiger partial charge is 0.302 e. The van der Waals surface area contributed by atoms with Gasteiger partial charge >= 0.3 is 5.97 Å². The van der Waals surface area contributed by atoms with Gasteiger partial charge in [0.25, 0.3) is 0 Å². The maximum absolute atomic E-state index is 11.4. The molecular formula is C21H26O5. The molecule has 2 bridgehead atoms. The van der Waals surface area contributed by atoms with Gasteiger partial charge in [0.2, 0.25) is 6.79 Å². The quantitative estimate of drug-likeness (QED) is 0.606. The second kappa shape index (κ2) is 6.31. The van der Waals surface area contributed by atoms with E-state index in [0.717, 1.165) is 17.1 Å². The van der Waals surface area contributed by atoms with Gasteiger partial charge in [-0.1, -0.05) is 31.6 Å². The van der Waals surface area contributed by atoms with Crippen molar-refractivity contribution in [2.75, 3.05) is 20.0 Å². The van der Waals surface area contributed by atoms with Gasteiger partial charge in [0.1, 0.15) is 0 Å². The molecule has 0 aromatic heterocycles. The maximum atomic E-state index is 11.4. The fourth-order valence-electron chi connectivity index (χ4n) is 4.88. The minimum absolute atomic E-state index is 0.0336. The Morgan fingerprint density at radius 3 is 2.81 bits per heavy atom. The third-order valence-electron chi connectivity index (χ3n) is 6.52. The number of carbonyl (C=O) groups excluding carboxylic acids is 1. The van der Waals surface area contributed by atoms with Crippen LogP contribution in [0.2, 0.25) is 0 Å². The lowest BCUT2D eigenvalue weighted by Crippen LogP contribution is -2.54. The summed E-state index contributed by atoms with van der Waals surface area (Å²) in [5, 5.41) is 0. The molecule has 1 aromatic rings. The van der Waals surface area contributed by atoms with E-state index in [0.29, 0.717) is 25.0 Å². The van der Waals surface area contributed by atoms with Crippen LogP contribution in [0.4, 0.5) is 0 Å². The average Bonchev–Trinajstić information content (AvgIpc) is 3.06. The molecule has 1 aromatic carbocycles. The van der Waals surface area contributed by atoms with Crippen LogP contribution in [-0.2, 0) is 14.3 Å². The third kappa shape index (κ3) is 2.60. The van der Waals surface area contributed by atoms with Crippen LogP contribution < -0.4 is 9.47 Å². The predicted octanol–water partition coefficient (Wildman–Crippen LogP) is 3.88. The van der Waals surface area contributed by atoms with E-state index in [1.165, 1.54) is 12.5 Å². The Morgan fingerprint density at radius 1 is 1.27 bits per heavy atom. The summed E-state index contributed by atoms with van der Waals surface area (Å²) in [4.78, 5) is 11.4. The van der Waals surface area contributed by atoms with Crippen LogP contribution in [-0.4, -0.2) is 26.0 Å². The molecule has 3 aliphatic rings. The largest absolute Gasteiger partial charge is 0.465 e. The zero-order chi connectivity index (χ0) is 18.5. The van der Waals surface area contributed by atoms with E-state index in [1.54, 1.807) is 0 Å². The number of rotatable bonds is 3. The van der Waals surface area contributed by atoms with E-state index < -0.39 is 0 Å². The number of hydrogen-bond donors (Lipinski definition) is 0. The summed E-state index contributed by atoms with van der Waals surface area (Å²) < 4.78 is 22.8. The summed E-state index contributed by atoms with van der Waals surface area (Å²) >= 11 is 0. The molecular weight excluding hydrogens is 332 g/mol. The van der Waals surface area contributed by atoms with Gasteiger partial charge in [0.15, 0.2) is 11.5 Å². The fraction of sp³-hybridized carbons (Fsp3) is 0.571. The van der Waals surface area contributed by atoms with Gasteiger partial charge < -0.3 is 18.9 Å². The van der Waals surface area contributed by atoms with Crippen molar-refractivity contribution < 1.29 is 23.7 Å². The van der Waals surface area contributed by atoms with Gasteiger partial charge in [-0.15, -0.1) is 0 Å². The highest BCUT2D eigenvalue weighted by atomic mass is 16.7. The third-order valence-corrected chi connectivity index (χ3v) is 6.52. The first-order valence-corrected chi connectivity index (χ1v) is 9.25. The lowest BCUT2D eigenvalue weighted by Gasteiger charge is -2.55. The summed E-state index contributed by atoms with van der Waals surface area (Å²) in [5.74, 6) is 2.21. The van der Waals surface area contributed by atoms with Crippen LogP contribution in [0.3, 0.4) is 0 Å². The van der Waals surface area contributed by atoms with Crippen LogP contribution in [0.5, 0.6) is 11.5 Å². The minimum atomic E-state index is -0.237. The highest BCUT2D eigenvalue weighted by molar-refractivity contribution is 5.66. The Morgan fingerprint density at radius 2 is 2.04 bits per heavy atom. The Labute approximate surface area is 154 Å². The molecule has 2 aliphatic heterocycles. The number of esters is 1. The Kier molecular flexibility index (Phi) is 4.22. The summed E-state index contributed by atoms with van der Waals surface area (Å²) in [7, 11) is 0. The van der Waals surface area contributed by atoms with Crippen LogP contribution in [0.1, 0.15) is 39.4 Å². The first-order valence-electron chi connectivity index (χ1n) is 9.25. The Bertz CT molecular complexity index is 755. The molecule has 1 fully saturated rings. The Hall–Kier alpha value is -2.01. The first kappa shape index (κ1) is 17.4. The van der Waals surface area contributed by atoms with Gasteiger partial charge in [-0.2, -0.15) is 0 Å². The summed E-state index contributed by atoms with van der Waals surface area (Å²) in [6.45, 7) is 9.36. The van der Waals surface area contributed by atoms with Gasteiger partial charge in [0, 0.05) is 18.3 Å². The maximum Gasteiger partial charge on any atom is 0.302 e. The molecule has 0 unspecified atom stereocenters. The lowest BCUT2D eigenvalue weighted by molar-refractivity contribution is -0.180. The lowest BCUT2D eigenvalue weighted by atomic mass is 9.56. The predicted molar refractivity (Wildman–Crippen MR) is 95.9 cm³/mol. The van der Waals surface area contributed by atoms with Crippen molar-refractivity contribution in [2.45, 2.75) is 33.8 Å². The van der Waals surface area contributed by atoms with Crippen molar-refractivity contribution >= 4 is 5.97 Å². The fourth-order valence-corrected chi connectivity index (χ4v) is 4.88. The molecule has 1 saturated heterocycles. The molecule has 0 radical (unpaired) electrons. The molecule has 26 heavy (non-hydrogen) atoms. The van der Waals surface area contributed by atoms with Crippen LogP contribution in [0, 0.1) is 23.2 Å². The molecule has 2 heterocycles. The van der Waals surface area contributed by atoms with Crippen molar-refractivity contribution in [1.29, 1.82) is 0 Å². The number of allylic oxidation sites excluding steroid dienone is 1. The number of carbonyl (C=O) groups is 1. The SMILES string of the molecule is CC(=O)OC[C@]12CO[C@@H](c3ccc4c(c3)OCO4)[C@H](C(C)=C[C@H]1C)[C@@H]2C. The van der Waals surface area contributed by atoms with Crippen molar-refractivity contribution in [1.82, 2.24) is 0 Å². The van der Waals surface area contributed by atoms with E-state index in [2.05, 4.69) is 32.9 Å². The Balaban J connectivity index is 1.67. The molecule has 0 amide bonds. The van der Waals surface area contributed by atoms with E-state index in [9.17, 15) is 4.79 Å². The van der Waals surface area contributed by atoms with E-state index in [4.69, 9.17) is 18.9 Å². The molecule has 0 saturated carbocycles. The van der Waals surface area contributed by atoms with Crippen LogP contribution in [0.15, 0.2) is 29.8 Å². The number of benzene rings is 1. The van der Waals surface area contributed by atoms with Crippen molar-refractivity contribution in [3.8, 4) is 11.5 Å². The second-order valence-electron chi connectivity index (χ2n) is 7.87. The van der Waals surface area contributed by atoms with E-state index >= 15 is 0 Å². The number of fused-ring (bicyclic) bond motifs is 3. The van der Waals surface area contributed by atoms with Crippen molar-refractivity contribution in [3.05, 3.63) is 35.4 Å². The van der Waals surface area contributed by atoms with E-state index in [1.807, 2.05) is 12.1 Å². The molecule has 1 aliphatic carbocycles. The van der Waals surface area contributed by atoms with Crippen LogP contribution in [0.25, 0.3) is 0 Å². The molecule has 5 heteroatoms. The molecule has 0 spiro atoms. The monoisotopic (exact) mass is 358 g/mol. The summed E-state index contributed by atoms with van der Waals surface area (Å²) in [6.07, 6.45) is 2.30. The second-order valence-corrected chi connectivity index (χ2v) is 7.87. The van der Waals surface area contributed by atoms with Gasteiger partial charge in [-0.3, -0.25) is 4.79 Å². The normalized spacial score (nSPS) is 35.0. The molecule has 0 N–H and O–H groups in total. The highest BCUT2D eigenvalue weighted by Gasteiger charge is 2.54.